The van der Waals surface area contributed by atoms with E-state index in [9.17, 15) is 4.21 Å². The topological polar surface area (TPSA) is 57.6 Å². The predicted octanol–water partition coefficient (Wildman–Crippen LogP) is 2.41. The standard InChI is InChI=1S/C17H24N4OS2/c1-14-20-16(12-23-14)11-21(3)17(18-2)19-9-10-24(22)13-15-7-5-4-6-8-15/h4-8,12H,9-11,13H2,1-3H3,(H,18,19). The molecule has 0 aliphatic heterocycles. The zero-order valence-electron chi connectivity index (χ0n) is 14.4. The van der Waals surface area contributed by atoms with Crippen molar-refractivity contribution in [1.29, 1.82) is 0 Å². The van der Waals surface area contributed by atoms with Gasteiger partial charge < -0.3 is 10.2 Å². The SMILES string of the molecule is CN=C(NCCS(=O)Cc1ccccc1)N(C)Cc1csc(C)n1. The van der Waals surface area contributed by atoms with E-state index < -0.39 is 10.8 Å². The monoisotopic (exact) mass is 364 g/mol. The summed E-state index contributed by atoms with van der Waals surface area (Å²) in [5, 5.41) is 6.40. The fraction of sp³-hybridized carbons (Fsp3) is 0.412. The average molecular weight is 365 g/mol. The fourth-order valence-corrected chi connectivity index (χ4v) is 3.93. The van der Waals surface area contributed by atoms with Crippen LogP contribution in [0.1, 0.15) is 16.3 Å². The number of nitrogens with zero attached hydrogens (tertiary/aromatic N) is 3. The van der Waals surface area contributed by atoms with Crippen LogP contribution in [0.2, 0.25) is 0 Å². The number of aryl methyl sites for hydroxylation is 1. The summed E-state index contributed by atoms with van der Waals surface area (Å²) >= 11 is 1.65. The third kappa shape index (κ3) is 6.05. The smallest absolute Gasteiger partial charge is 0.193 e. The molecule has 1 unspecified atom stereocenters. The molecule has 0 aliphatic rings. The van der Waals surface area contributed by atoms with Gasteiger partial charge in [0.1, 0.15) is 0 Å². The van der Waals surface area contributed by atoms with Crippen LogP contribution in [0.4, 0.5) is 0 Å². The first-order chi connectivity index (χ1) is 11.6. The molecule has 1 heterocycles. The van der Waals surface area contributed by atoms with Crippen molar-refractivity contribution in [2.24, 2.45) is 4.99 Å². The third-order valence-electron chi connectivity index (χ3n) is 3.42. The molecule has 1 atom stereocenters. The van der Waals surface area contributed by atoms with Gasteiger partial charge in [-0.2, -0.15) is 0 Å². The lowest BCUT2D eigenvalue weighted by Crippen LogP contribution is -2.40. The summed E-state index contributed by atoms with van der Waals surface area (Å²) < 4.78 is 12.2. The molecule has 0 bridgehead atoms. The van der Waals surface area contributed by atoms with E-state index in [-0.39, 0.29) is 0 Å². The van der Waals surface area contributed by atoms with Crippen LogP contribution in [0.3, 0.4) is 0 Å². The normalized spacial score (nSPS) is 12.9. The van der Waals surface area contributed by atoms with E-state index in [1.807, 2.05) is 49.2 Å². The lowest BCUT2D eigenvalue weighted by Gasteiger charge is -2.21. The van der Waals surface area contributed by atoms with Gasteiger partial charge in [-0.05, 0) is 12.5 Å². The van der Waals surface area contributed by atoms with Crippen LogP contribution in [0.25, 0.3) is 0 Å². The van der Waals surface area contributed by atoms with Crippen molar-refractivity contribution in [2.45, 2.75) is 19.2 Å². The number of aromatic nitrogens is 1. The van der Waals surface area contributed by atoms with Gasteiger partial charge in [0.15, 0.2) is 5.96 Å². The zero-order chi connectivity index (χ0) is 17.4. The van der Waals surface area contributed by atoms with Crippen LogP contribution in [-0.4, -0.2) is 46.4 Å². The van der Waals surface area contributed by atoms with Gasteiger partial charge in [0.2, 0.25) is 0 Å². The van der Waals surface area contributed by atoms with Gasteiger partial charge in [0.25, 0.3) is 0 Å². The highest BCUT2D eigenvalue weighted by molar-refractivity contribution is 7.84. The maximum Gasteiger partial charge on any atom is 0.193 e. The Balaban J connectivity index is 1.75. The Morgan fingerprint density at radius 2 is 2.12 bits per heavy atom. The van der Waals surface area contributed by atoms with Crippen molar-refractivity contribution in [3.63, 3.8) is 0 Å². The first-order valence-electron chi connectivity index (χ1n) is 7.80. The largest absolute Gasteiger partial charge is 0.355 e. The quantitative estimate of drug-likeness (QED) is 0.605. The molecule has 24 heavy (non-hydrogen) atoms. The third-order valence-corrected chi connectivity index (χ3v) is 5.56. The Kier molecular flexibility index (Phi) is 7.39. The van der Waals surface area contributed by atoms with Gasteiger partial charge in [0.05, 0.1) is 17.2 Å². The van der Waals surface area contributed by atoms with E-state index in [1.165, 1.54) is 0 Å². The number of aliphatic imine (C=N–C) groups is 1. The molecule has 2 rings (SSSR count). The summed E-state index contributed by atoms with van der Waals surface area (Å²) in [6.07, 6.45) is 0. The minimum absolute atomic E-state index is 0.592. The van der Waals surface area contributed by atoms with Crippen LogP contribution in [0.5, 0.6) is 0 Å². The van der Waals surface area contributed by atoms with Gasteiger partial charge in [-0.1, -0.05) is 30.3 Å². The van der Waals surface area contributed by atoms with Crippen molar-refractivity contribution >= 4 is 28.1 Å². The van der Waals surface area contributed by atoms with Crippen LogP contribution in [0, 0.1) is 6.92 Å². The van der Waals surface area contributed by atoms with Gasteiger partial charge in [-0.3, -0.25) is 9.20 Å². The molecule has 1 N–H and O–H groups in total. The number of benzene rings is 1. The molecule has 7 heteroatoms. The molecule has 2 aromatic rings. The highest BCUT2D eigenvalue weighted by Crippen LogP contribution is 2.09. The molecule has 0 fully saturated rings. The van der Waals surface area contributed by atoms with Crippen molar-refractivity contribution in [3.8, 4) is 0 Å². The van der Waals surface area contributed by atoms with Gasteiger partial charge in [-0.15, -0.1) is 11.3 Å². The molecule has 0 spiro atoms. The minimum atomic E-state index is -0.884. The highest BCUT2D eigenvalue weighted by Gasteiger charge is 2.09. The maximum absolute atomic E-state index is 12.2. The molecule has 5 nitrogen and oxygen atoms in total. The van der Waals surface area contributed by atoms with Crippen molar-refractivity contribution in [2.75, 3.05) is 26.4 Å². The van der Waals surface area contributed by atoms with E-state index in [4.69, 9.17) is 0 Å². The lowest BCUT2D eigenvalue weighted by atomic mass is 10.2. The second-order valence-electron chi connectivity index (χ2n) is 5.46. The van der Waals surface area contributed by atoms with Crippen molar-refractivity contribution in [3.05, 3.63) is 52.0 Å². The first kappa shape index (κ1) is 18.6. The summed E-state index contributed by atoms with van der Waals surface area (Å²) in [6, 6.07) is 9.93. The van der Waals surface area contributed by atoms with E-state index in [1.54, 1.807) is 18.4 Å². The van der Waals surface area contributed by atoms with Crippen LogP contribution in [-0.2, 0) is 23.1 Å². The number of nitrogens with one attached hydrogen (secondary N) is 1. The average Bonchev–Trinajstić information content (AvgIpc) is 2.97. The number of hydrogen-bond acceptors (Lipinski definition) is 4. The molecule has 0 radical (unpaired) electrons. The Morgan fingerprint density at radius 1 is 1.38 bits per heavy atom. The van der Waals surface area contributed by atoms with E-state index >= 15 is 0 Å². The Hall–Kier alpha value is -1.73. The molecular weight excluding hydrogens is 340 g/mol. The number of rotatable bonds is 7. The Morgan fingerprint density at radius 3 is 2.75 bits per heavy atom. The summed E-state index contributed by atoms with van der Waals surface area (Å²) in [6.45, 7) is 3.34. The predicted molar refractivity (Wildman–Crippen MR) is 103 cm³/mol. The Labute approximate surface area is 150 Å². The molecule has 0 saturated carbocycles. The Bertz CT molecular complexity index is 685. The second kappa shape index (κ2) is 9.54. The maximum atomic E-state index is 12.2. The fourth-order valence-electron chi connectivity index (χ4n) is 2.29. The summed E-state index contributed by atoms with van der Waals surface area (Å²) in [5.74, 6) is 1.98. The molecule has 130 valence electrons. The molecule has 0 saturated heterocycles. The van der Waals surface area contributed by atoms with Crippen LogP contribution < -0.4 is 5.32 Å². The first-order valence-corrected chi connectivity index (χ1v) is 10.2. The number of thiazole rings is 1. The molecule has 0 amide bonds. The van der Waals surface area contributed by atoms with Gasteiger partial charge in [-0.25, -0.2) is 4.98 Å². The molecule has 0 aliphatic carbocycles. The lowest BCUT2D eigenvalue weighted by molar-refractivity contribution is 0.473. The molecule has 1 aromatic heterocycles. The summed E-state index contributed by atoms with van der Waals surface area (Å²) in [7, 11) is 2.85. The van der Waals surface area contributed by atoms with Crippen LogP contribution in [0.15, 0.2) is 40.7 Å². The minimum Gasteiger partial charge on any atom is -0.355 e. The van der Waals surface area contributed by atoms with Crippen molar-refractivity contribution in [1.82, 2.24) is 15.2 Å². The second-order valence-corrected chi connectivity index (χ2v) is 8.10. The van der Waals surface area contributed by atoms with Crippen LogP contribution >= 0.6 is 11.3 Å². The van der Waals surface area contributed by atoms with Gasteiger partial charge in [0, 0.05) is 48.3 Å². The van der Waals surface area contributed by atoms with E-state index in [0.29, 0.717) is 24.6 Å². The summed E-state index contributed by atoms with van der Waals surface area (Å²) in [5.41, 5.74) is 2.15. The summed E-state index contributed by atoms with van der Waals surface area (Å²) in [4.78, 5) is 10.8. The number of guanidine groups is 1. The number of hydrogen-bond donors (Lipinski definition) is 1. The highest BCUT2D eigenvalue weighted by atomic mass is 32.2. The van der Waals surface area contributed by atoms with Crippen molar-refractivity contribution < 1.29 is 4.21 Å². The van der Waals surface area contributed by atoms with E-state index in [2.05, 4.69) is 20.7 Å². The zero-order valence-corrected chi connectivity index (χ0v) is 16.0. The molecular formula is C17H24N4OS2. The van der Waals surface area contributed by atoms with Gasteiger partial charge >= 0.3 is 0 Å². The van der Waals surface area contributed by atoms with E-state index in [0.717, 1.165) is 22.2 Å². The molecule has 1 aromatic carbocycles.